The van der Waals surface area contributed by atoms with Crippen molar-refractivity contribution in [2.75, 3.05) is 26.8 Å². The number of hydrogen-bond donors (Lipinski definition) is 1. The molecule has 0 aliphatic carbocycles. The molecule has 0 saturated carbocycles. The number of hydrogen-bond acceptors (Lipinski definition) is 2. The Bertz CT molecular complexity index is 435. The molecule has 1 heterocycles. The number of nitrogens with one attached hydrogen (secondary N) is 1. The minimum absolute atomic E-state index is 0.204. The van der Waals surface area contributed by atoms with E-state index in [9.17, 15) is 0 Å². The van der Waals surface area contributed by atoms with Crippen LogP contribution in [0.25, 0.3) is 0 Å². The van der Waals surface area contributed by atoms with E-state index in [2.05, 4.69) is 51.2 Å². The van der Waals surface area contributed by atoms with Crippen LogP contribution in [0, 0.1) is 25.7 Å². The smallest absolute Gasteiger partial charge is 0.0588 e. The van der Waals surface area contributed by atoms with E-state index in [0.717, 1.165) is 19.8 Å². The maximum Gasteiger partial charge on any atom is 0.0588 e. The molecule has 0 aromatic heterocycles. The number of rotatable bonds is 5. The lowest BCUT2D eigenvalue weighted by Gasteiger charge is -2.49. The van der Waals surface area contributed by atoms with E-state index < -0.39 is 0 Å². The highest BCUT2D eigenvalue weighted by Crippen LogP contribution is 2.43. The number of ether oxygens (including phenoxy) is 1. The third kappa shape index (κ3) is 2.56. The highest BCUT2D eigenvalue weighted by Gasteiger charge is 2.47. The Labute approximate surface area is 117 Å². The summed E-state index contributed by atoms with van der Waals surface area (Å²) in [6, 6.07) is 6.92. The molecule has 0 amide bonds. The SMILES string of the molecule is CNCC(C(C)C)C1(c2ccc(C)c(C)c2)COC1. The fourth-order valence-corrected chi connectivity index (χ4v) is 3.26. The zero-order valence-electron chi connectivity index (χ0n) is 12.9. The average Bonchev–Trinajstić information content (AvgIpc) is 2.31. The van der Waals surface area contributed by atoms with Crippen LogP contribution in [0.3, 0.4) is 0 Å². The van der Waals surface area contributed by atoms with Gasteiger partial charge in [-0.05, 0) is 56.0 Å². The first-order valence-electron chi connectivity index (χ1n) is 7.31. The Balaban J connectivity index is 2.37. The maximum atomic E-state index is 5.61. The van der Waals surface area contributed by atoms with Crippen molar-refractivity contribution in [3.63, 3.8) is 0 Å². The molecular weight excluding hydrogens is 234 g/mol. The zero-order chi connectivity index (χ0) is 14.0. The summed E-state index contributed by atoms with van der Waals surface area (Å²) in [6.07, 6.45) is 0. The molecule has 0 spiro atoms. The van der Waals surface area contributed by atoms with Crippen LogP contribution in [0.5, 0.6) is 0 Å². The van der Waals surface area contributed by atoms with E-state index >= 15 is 0 Å². The molecule has 1 N–H and O–H groups in total. The molecular formula is C17H27NO. The monoisotopic (exact) mass is 261 g/mol. The van der Waals surface area contributed by atoms with Gasteiger partial charge in [0, 0.05) is 5.41 Å². The van der Waals surface area contributed by atoms with E-state index in [1.807, 2.05) is 7.05 Å². The molecule has 1 unspecified atom stereocenters. The van der Waals surface area contributed by atoms with Gasteiger partial charge in [-0.3, -0.25) is 0 Å². The Morgan fingerprint density at radius 2 is 1.89 bits per heavy atom. The van der Waals surface area contributed by atoms with Crippen molar-refractivity contribution in [1.82, 2.24) is 5.32 Å². The summed E-state index contributed by atoms with van der Waals surface area (Å²) in [6.45, 7) is 11.8. The predicted octanol–water partition coefficient (Wildman–Crippen LogP) is 3.06. The van der Waals surface area contributed by atoms with E-state index in [-0.39, 0.29) is 5.41 Å². The minimum atomic E-state index is 0.204. The topological polar surface area (TPSA) is 21.3 Å². The molecule has 1 atom stereocenters. The summed E-state index contributed by atoms with van der Waals surface area (Å²) in [7, 11) is 2.04. The lowest BCUT2D eigenvalue weighted by Crippen LogP contribution is -2.56. The van der Waals surface area contributed by atoms with E-state index in [1.165, 1.54) is 16.7 Å². The minimum Gasteiger partial charge on any atom is -0.379 e. The molecule has 0 bridgehead atoms. The molecule has 106 valence electrons. The first kappa shape index (κ1) is 14.5. The normalized spacial score (nSPS) is 19.3. The van der Waals surface area contributed by atoms with Gasteiger partial charge in [-0.25, -0.2) is 0 Å². The molecule has 0 radical (unpaired) electrons. The number of benzene rings is 1. The highest BCUT2D eigenvalue weighted by atomic mass is 16.5. The summed E-state index contributed by atoms with van der Waals surface area (Å²) >= 11 is 0. The lowest BCUT2D eigenvalue weighted by molar-refractivity contribution is -0.0995. The standard InChI is InChI=1S/C17H27NO/c1-12(2)16(9-18-5)17(10-19-11-17)15-7-6-13(3)14(4)8-15/h6-8,12,16,18H,9-11H2,1-5H3. The molecule has 19 heavy (non-hydrogen) atoms. The van der Waals surface area contributed by atoms with Gasteiger partial charge < -0.3 is 10.1 Å². The quantitative estimate of drug-likeness (QED) is 0.879. The zero-order valence-corrected chi connectivity index (χ0v) is 12.9. The van der Waals surface area contributed by atoms with E-state index in [0.29, 0.717) is 11.8 Å². The van der Waals surface area contributed by atoms with Crippen molar-refractivity contribution in [1.29, 1.82) is 0 Å². The fourth-order valence-electron chi connectivity index (χ4n) is 3.26. The molecule has 1 aromatic rings. The average molecular weight is 261 g/mol. The molecule has 2 heteroatoms. The largest absolute Gasteiger partial charge is 0.379 e. The first-order valence-corrected chi connectivity index (χ1v) is 7.31. The van der Waals surface area contributed by atoms with Gasteiger partial charge in [-0.2, -0.15) is 0 Å². The molecule has 1 saturated heterocycles. The van der Waals surface area contributed by atoms with Crippen molar-refractivity contribution < 1.29 is 4.74 Å². The van der Waals surface area contributed by atoms with Crippen molar-refractivity contribution in [2.45, 2.75) is 33.1 Å². The van der Waals surface area contributed by atoms with Gasteiger partial charge in [0.25, 0.3) is 0 Å². The van der Waals surface area contributed by atoms with Gasteiger partial charge >= 0.3 is 0 Å². The fraction of sp³-hybridized carbons (Fsp3) is 0.647. The van der Waals surface area contributed by atoms with Crippen molar-refractivity contribution in [3.8, 4) is 0 Å². The van der Waals surface area contributed by atoms with Crippen LogP contribution in [0.1, 0.15) is 30.5 Å². The van der Waals surface area contributed by atoms with E-state index in [4.69, 9.17) is 4.74 Å². The second-order valence-corrected chi connectivity index (χ2v) is 6.36. The summed E-state index contributed by atoms with van der Waals surface area (Å²) in [5.74, 6) is 1.27. The molecule has 1 aromatic carbocycles. The Kier molecular flexibility index (Phi) is 4.32. The predicted molar refractivity (Wildman–Crippen MR) is 80.7 cm³/mol. The van der Waals surface area contributed by atoms with Crippen molar-refractivity contribution in [2.24, 2.45) is 11.8 Å². The molecule has 2 rings (SSSR count). The summed E-state index contributed by atoms with van der Waals surface area (Å²) < 4.78 is 5.61. The van der Waals surface area contributed by atoms with Gasteiger partial charge in [0.2, 0.25) is 0 Å². The first-order chi connectivity index (χ1) is 9.01. The molecule has 1 aliphatic rings. The van der Waals surface area contributed by atoms with Gasteiger partial charge in [-0.1, -0.05) is 32.0 Å². The second-order valence-electron chi connectivity index (χ2n) is 6.36. The number of aryl methyl sites for hydroxylation is 2. The van der Waals surface area contributed by atoms with Crippen LogP contribution in [0.2, 0.25) is 0 Å². The third-order valence-electron chi connectivity index (χ3n) is 4.74. The van der Waals surface area contributed by atoms with Crippen molar-refractivity contribution in [3.05, 3.63) is 34.9 Å². The molecule has 2 nitrogen and oxygen atoms in total. The van der Waals surface area contributed by atoms with Crippen LogP contribution in [-0.4, -0.2) is 26.8 Å². The lowest BCUT2D eigenvalue weighted by atomic mass is 9.64. The van der Waals surface area contributed by atoms with Crippen LogP contribution in [-0.2, 0) is 10.2 Å². The Morgan fingerprint density at radius 1 is 1.21 bits per heavy atom. The van der Waals surface area contributed by atoms with Crippen LogP contribution < -0.4 is 5.32 Å². The summed E-state index contributed by atoms with van der Waals surface area (Å²) in [4.78, 5) is 0. The maximum absolute atomic E-state index is 5.61. The van der Waals surface area contributed by atoms with Gasteiger partial charge in [0.1, 0.15) is 0 Å². The van der Waals surface area contributed by atoms with Crippen LogP contribution in [0.4, 0.5) is 0 Å². The molecule has 1 fully saturated rings. The van der Waals surface area contributed by atoms with Crippen LogP contribution in [0.15, 0.2) is 18.2 Å². The summed E-state index contributed by atoms with van der Waals surface area (Å²) in [5.41, 5.74) is 4.41. The second kappa shape index (κ2) is 5.64. The van der Waals surface area contributed by atoms with Crippen molar-refractivity contribution >= 4 is 0 Å². The highest BCUT2D eigenvalue weighted by molar-refractivity contribution is 5.37. The molecule has 1 aliphatic heterocycles. The van der Waals surface area contributed by atoms with Gasteiger partial charge in [0.05, 0.1) is 13.2 Å². The van der Waals surface area contributed by atoms with E-state index in [1.54, 1.807) is 0 Å². The van der Waals surface area contributed by atoms with Gasteiger partial charge in [0.15, 0.2) is 0 Å². The van der Waals surface area contributed by atoms with Crippen LogP contribution >= 0.6 is 0 Å². The Morgan fingerprint density at radius 3 is 2.32 bits per heavy atom. The van der Waals surface area contributed by atoms with Gasteiger partial charge in [-0.15, -0.1) is 0 Å². The Hall–Kier alpha value is -0.860. The third-order valence-corrected chi connectivity index (χ3v) is 4.74. The summed E-state index contributed by atoms with van der Waals surface area (Å²) in [5, 5.41) is 3.36.